The summed E-state index contributed by atoms with van der Waals surface area (Å²) in [5.74, 6) is 0.504. The molecule has 1 heterocycles. The molecule has 0 bridgehead atoms. The van der Waals surface area contributed by atoms with E-state index in [1.54, 1.807) is 4.68 Å². The molecule has 1 aromatic carbocycles. The Hall–Kier alpha value is -1.97. The van der Waals surface area contributed by atoms with Crippen molar-refractivity contribution >= 4 is 11.5 Å². The fraction of sp³-hybridized carbons (Fsp3) is 0.250. The van der Waals surface area contributed by atoms with Crippen LogP contribution in [-0.2, 0) is 0 Å². The third-order valence-electron chi connectivity index (χ3n) is 2.72. The van der Waals surface area contributed by atoms with Gasteiger partial charge in [0.05, 0.1) is 17.1 Å². The molecule has 84 valence electrons. The number of hydrogen-bond acceptors (Lipinski definition) is 3. The molecule has 0 aliphatic rings. The Labute approximate surface area is 94.9 Å². The van der Waals surface area contributed by atoms with Gasteiger partial charge in [-0.25, -0.2) is 4.68 Å². The maximum absolute atomic E-state index is 5.92. The first-order chi connectivity index (χ1) is 7.50. The van der Waals surface area contributed by atoms with E-state index in [1.165, 1.54) is 5.56 Å². The second-order valence-corrected chi connectivity index (χ2v) is 4.09. The second kappa shape index (κ2) is 3.56. The Balaban J connectivity index is 2.63. The van der Waals surface area contributed by atoms with Crippen LogP contribution >= 0.6 is 0 Å². The van der Waals surface area contributed by atoms with E-state index in [9.17, 15) is 0 Å². The van der Waals surface area contributed by atoms with Gasteiger partial charge in [0.2, 0.25) is 0 Å². The van der Waals surface area contributed by atoms with Gasteiger partial charge in [-0.2, -0.15) is 5.10 Å². The number of hydrogen-bond donors (Lipinski definition) is 2. The molecule has 0 amide bonds. The van der Waals surface area contributed by atoms with Crippen LogP contribution in [0.15, 0.2) is 18.2 Å². The van der Waals surface area contributed by atoms with Gasteiger partial charge in [-0.05, 0) is 32.4 Å². The molecule has 2 rings (SSSR count). The molecule has 4 nitrogen and oxygen atoms in total. The standard InChI is InChI=1S/C12H16N4/c1-7-4-5-10(8(2)6-7)16-12(14)11(13)9(3)15-16/h4-6H,13-14H2,1-3H3. The van der Waals surface area contributed by atoms with Crippen molar-refractivity contribution in [2.24, 2.45) is 0 Å². The minimum atomic E-state index is 0.504. The first-order valence-electron chi connectivity index (χ1n) is 5.19. The smallest absolute Gasteiger partial charge is 0.150 e. The Kier molecular flexibility index (Phi) is 2.34. The molecule has 0 atom stereocenters. The van der Waals surface area contributed by atoms with Gasteiger partial charge in [-0.3, -0.25) is 0 Å². The fourth-order valence-electron chi connectivity index (χ4n) is 1.78. The summed E-state index contributed by atoms with van der Waals surface area (Å²) in [7, 11) is 0. The van der Waals surface area contributed by atoms with Crippen molar-refractivity contribution < 1.29 is 0 Å². The average Bonchev–Trinajstić information content (AvgIpc) is 2.46. The highest BCUT2D eigenvalue weighted by Gasteiger charge is 2.11. The number of nitrogen functional groups attached to an aromatic ring is 2. The lowest BCUT2D eigenvalue weighted by Gasteiger charge is -2.08. The number of nitrogens with two attached hydrogens (primary N) is 2. The van der Waals surface area contributed by atoms with Crippen molar-refractivity contribution in [2.45, 2.75) is 20.8 Å². The Morgan fingerprint density at radius 3 is 2.31 bits per heavy atom. The van der Waals surface area contributed by atoms with E-state index in [0.29, 0.717) is 11.5 Å². The molecule has 0 aliphatic heterocycles. The lowest BCUT2D eigenvalue weighted by Crippen LogP contribution is -2.04. The molecule has 0 radical (unpaired) electrons. The number of rotatable bonds is 1. The minimum Gasteiger partial charge on any atom is -0.394 e. The monoisotopic (exact) mass is 216 g/mol. The molecule has 0 unspecified atom stereocenters. The van der Waals surface area contributed by atoms with Crippen molar-refractivity contribution in [3.8, 4) is 5.69 Å². The van der Waals surface area contributed by atoms with E-state index in [0.717, 1.165) is 16.9 Å². The fourth-order valence-corrected chi connectivity index (χ4v) is 1.78. The largest absolute Gasteiger partial charge is 0.394 e. The van der Waals surface area contributed by atoms with E-state index in [-0.39, 0.29) is 0 Å². The van der Waals surface area contributed by atoms with Crippen molar-refractivity contribution in [2.75, 3.05) is 11.5 Å². The Morgan fingerprint density at radius 2 is 1.81 bits per heavy atom. The van der Waals surface area contributed by atoms with Crippen molar-refractivity contribution in [3.05, 3.63) is 35.0 Å². The second-order valence-electron chi connectivity index (χ2n) is 4.09. The maximum atomic E-state index is 5.92. The van der Waals surface area contributed by atoms with E-state index in [4.69, 9.17) is 11.5 Å². The summed E-state index contributed by atoms with van der Waals surface area (Å²) in [6, 6.07) is 6.14. The van der Waals surface area contributed by atoms with Crippen LogP contribution in [0.1, 0.15) is 16.8 Å². The predicted molar refractivity (Wildman–Crippen MR) is 66.6 cm³/mol. The molecule has 4 N–H and O–H groups in total. The molecule has 0 saturated heterocycles. The number of nitrogens with zero attached hydrogens (tertiary/aromatic N) is 2. The van der Waals surface area contributed by atoms with Gasteiger partial charge in [0.25, 0.3) is 0 Å². The van der Waals surface area contributed by atoms with Crippen LogP contribution in [0.4, 0.5) is 11.5 Å². The summed E-state index contributed by atoms with van der Waals surface area (Å²) in [5.41, 5.74) is 16.4. The third-order valence-corrected chi connectivity index (χ3v) is 2.72. The zero-order chi connectivity index (χ0) is 11.9. The molecule has 0 aliphatic carbocycles. The van der Waals surface area contributed by atoms with Gasteiger partial charge >= 0.3 is 0 Å². The number of aromatic nitrogens is 2. The molecule has 16 heavy (non-hydrogen) atoms. The number of benzene rings is 1. The molecule has 0 saturated carbocycles. The summed E-state index contributed by atoms with van der Waals surface area (Å²) in [5, 5.41) is 4.34. The topological polar surface area (TPSA) is 69.9 Å². The summed E-state index contributed by atoms with van der Waals surface area (Å²) >= 11 is 0. The van der Waals surface area contributed by atoms with Crippen LogP contribution in [0.25, 0.3) is 5.69 Å². The van der Waals surface area contributed by atoms with Crippen molar-refractivity contribution in [1.82, 2.24) is 9.78 Å². The first kappa shape index (κ1) is 10.5. The van der Waals surface area contributed by atoms with Gasteiger partial charge in [0.15, 0.2) is 5.82 Å². The zero-order valence-electron chi connectivity index (χ0n) is 9.78. The highest BCUT2D eigenvalue weighted by Crippen LogP contribution is 2.24. The first-order valence-corrected chi connectivity index (χ1v) is 5.19. The normalized spacial score (nSPS) is 10.7. The molecule has 0 fully saturated rings. The minimum absolute atomic E-state index is 0.504. The lowest BCUT2D eigenvalue weighted by molar-refractivity contribution is 0.864. The Bertz CT molecular complexity index is 540. The maximum Gasteiger partial charge on any atom is 0.150 e. The van der Waals surface area contributed by atoms with Crippen LogP contribution in [0.2, 0.25) is 0 Å². The van der Waals surface area contributed by atoms with Gasteiger partial charge in [0, 0.05) is 0 Å². The summed E-state index contributed by atoms with van der Waals surface area (Å²) in [6.07, 6.45) is 0. The van der Waals surface area contributed by atoms with Gasteiger partial charge in [-0.15, -0.1) is 0 Å². The van der Waals surface area contributed by atoms with Gasteiger partial charge < -0.3 is 11.5 Å². The van der Waals surface area contributed by atoms with E-state index in [1.807, 2.05) is 26.0 Å². The average molecular weight is 216 g/mol. The molecule has 4 heteroatoms. The highest BCUT2D eigenvalue weighted by molar-refractivity contribution is 5.65. The van der Waals surface area contributed by atoms with Crippen LogP contribution in [-0.4, -0.2) is 9.78 Å². The molecular weight excluding hydrogens is 200 g/mol. The predicted octanol–water partition coefficient (Wildman–Crippen LogP) is 1.96. The SMILES string of the molecule is Cc1ccc(-n2nc(C)c(N)c2N)c(C)c1. The molecule has 2 aromatic rings. The van der Waals surface area contributed by atoms with Crippen molar-refractivity contribution in [3.63, 3.8) is 0 Å². The summed E-state index contributed by atoms with van der Waals surface area (Å²) in [4.78, 5) is 0. The van der Waals surface area contributed by atoms with Crippen LogP contribution in [0.5, 0.6) is 0 Å². The van der Waals surface area contributed by atoms with Gasteiger partial charge in [-0.1, -0.05) is 17.7 Å². The quantitative estimate of drug-likeness (QED) is 0.765. The van der Waals surface area contributed by atoms with E-state index < -0.39 is 0 Å². The van der Waals surface area contributed by atoms with Crippen LogP contribution in [0, 0.1) is 20.8 Å². The molecule has 0 spiro atoms. The highest BCUT2D eigenvalue weighted by atomic mass is 15.3. The van der Waals surface area contributed by atoms with Crippen LogP contribution in [0.3, 0.4) is 0 Å². The Morgan fingerprint density at radius 1 is 1.12 bits per heavy atom. The summed E-state index contributed by atoms with van der Waals surface area (Å²) < 4.78 is 1.69. The van der Waals surface area contributed by atoms with Gasteiger partial charge in [0.1, 0.15) is 0 Å². The molecule has 1 aromatic heterocycles. The zero-order valence-corrected chi connectivity index (χ0v) is 9.78. The van der Waals surface area contributed by atoms with E-state index in [2.05, 4.69) is 18.1 Å². The van der Waals surface area contributed by atoms with E-state index >= 15 is 0 Å². The lowest BCUT2D eigenvalue weighted by atomic mass is 10.1. The third kappa shape index (κ3) is 1.52. The van der Waals surface area contributed by atoms with Crippen molar-refractivity contribution in [1.29, 1.82) is 0 Å². The number of aryl methyl sites for hydroxylation is 3. The summed E-state index contributed by atoms with van der Waals surface area (Å²) in [6.45, 7) is 5.95. The molecular formula is C12H16N4. The van der Waals surface area contributed by atoms with Crippen LogP contribution < -0.4 is 11.5 Å². The number of anilines is 2.